The number of carbonyl (C=O) groups is 4. The van der Waals surface area contributed by atoms with Crippen molar-refractivity contribution in [1.82, 2.24) is 15.3 Å². The molecule has 3 aliphatic carbocycles. The molecule has 2 bridgehead atoms. The van der Waals surface area contributed by atoms with Crippen LogP contribution in [0.4, 0.5) is 13.2 Å². The molecule has 300 valence electrons. The number of esters is 2. The first-order chi connectivity index (χ1) is 26.8. The Hall–Kier alpha value is -4.35. The Morgan fingerprint density at radius 1 is 1.04 bits per heavy atom. The maximum atomic E-state index is 15.4. The van der Waals surface area contributed by atoms with Gasteiger partial charge in [0.25, 0.3) is 0 Å². The van der Waals surface area contributed by atoms with E-state index in [4.69, 9.17) is 19.0 Å². The maximum Gasteiger partial charge on any atom is 0.422 e. The van der Waals surface area contributed by atoms with Crippen LogP contribution in [-0.2, 0) is 55.9 Å². The minimum absolute atomic E-state index is 0.0267. The van der Waals surface area contributed by atoms with Gasteiger partial charge in [-0.15, -0.1) is 0 Å². The largest absolute Gasteiger partial charge is 0.458 e. The van der Waals surface area contributed by atoms with Crippen LogP contribution in [0, 0.1) is 17.3 Å². The minimum atomic E-state index is -4.69. The van der Waals surface area contributed by atoms with Gasteiger partial charge in [-0.2, -0.15) is 18.2 Å². The van der Waals surface area contributed by atoms with Crippen molar-refractivity contribution in [2.75, 3.05) is 26.8 Å². The van der Waals surface area contributed by atoms with Crippen LogP contribution in [0.5, 0.6) is 0 Å². The summed E-state index contributed by atoms with van der Waals surface area (Å²) in [5.41, 5.74) is 0.142. The Balaban J connectivity index is 1.15. The van der Waals surface area contributed by atoms with Gasteiger partial charge in [-0.25, -0.2) is 4.79 Å². The van der Waals surface area contributed by atoms with Crippen molar-refractivity contribution in [2.45, 2.75) is 93.5 Å². The van der Waals surface area contributed by atoms with Crippen molar-refractivity contribution in [3.8, 4) is 0 Å². The number of hydroxylamine groups is 2. The molecule has 0 spiro atoms. The van der Waals surface area contributed by atoms with E-state index in [1.54, 1.807) is 24.3 Å². The Kier molecular flexibility index (Phi) is 10.2. The van der Waals surface area contributed by atoms with E-state index in [2.05, 4.69) is 10.1 Å². The molecule has 6 aliphatic rings. The molecule has 3 aliphatic heterocycles. The molecule has 6 fully saturated rings. The molecule has 13 nitrogen and oxygen atoms in total. The third kappa shape index (κ3) is 7.10. The summed E-state index contributed by atoms with van der Waals surface area (Å²) in [6, 6.07) is 13.6. The molecule has 7 atom stereocenters. The van der Waals surface area contributed by atoms with Crippen molar-refractivity contribution in [1.29, 1.82) is 0 Å². The number of nitrogens with one attached hydrogen (secondary N) is 1. The number of hydrogen-bond donors (Lipinski definition) is 2. The predicted molar refractivity (Wildman–Crippen MR) is 188 cm³/mol. The monoisotopic (exact) mass is 783 g/mol. The molecule has 2 amide bonds. The molecule has 16 heteroatoms. The lowest BCUT2D eigenvalue weighted by molar-refractivity contribution is -0.235. The van der Waals surface area contributed by atoms with Crippen LogP contribution in [0.2, 0.25) is 0 Å². The number of likely N-dealkylation sites (N-methyl/N-ethyl adjacent to an activating group) is 1. The third-order valence-electron chi connectivity index (χ3n) is 11.8. The highest BCUT2D eigenvalue weighted by molar-refractivity contribution is 5.96. The van der Waals surface area contributed by atoms with Crippen LogP contribution in [0.25, 0.3) is 6.08 Å². The van der Waals surface area contributed by atoms with Gasteiger partial charge in [-0.05, 0) is 48.4 Å². The lowest BCUT2D eigenvalue weighted by Gasteiger charge is -2.50. The summed E-state index contributed by atoms with van der Waals surface area (Å²) in [6.45, 7) is -2.17. The molecule has 0 radical (unpaired) electrons. The van der Waals surface area contributed by atoms with Crippen LogP contribution in [-0.4, -0.2) is 114 Å². The normalized spacial score (nSPS) is 29.7. The molecule has 2 N–H and O–H groups in total. The molecular weight excluding hydrogens is 739 g/mol. The number of rotatable bonds is 14. The highest BCUT2D eigenvalue weighted by atomic mass is 19.4. The average molecular weight is 784 g/mol. The molecule has 3 heterocycles. The van der Waals surface area contributed by atoms with Gasteiger partial charge in [0.2, 0.25) is 11.8 Å². The number of fused-ring (bicyclic) bond motifs is 4. The van der Waals surface area contributed by atoms with E-state index in [0.29, 0.717) is 11.1 Å². The van der Waals surface area contributed by atoms with Crippen LogP contribution < -0.4 is 5.32 Å². The Morgan fingerprint density at radius 3 is 2.39 bits per heavy atom. The molecule has 0 aromatic heterocycles. The predicted octanol–water partition coefficient (Wildman–Crippen LogP) is 3.08. The molecule has 2 aromatic rings. The lowest BCUT2D eigenvalue weighted by atomic mass is 9.62. The number of nitrogens with zero attached hydrogens (tertiary/aromatic N) is 2. The topological polar surface area (TPSA) is 153 Å². The van der Waals surface area contributed by atoms with Gasteiger partial charge in [0.1, 0.15) is 35.9 Å². The van der Waals surface area contributed by atoms with Gasteiger partial charge in [-0.3, -0.25) is 19.2 Å². The zero-order valence-electron chi connectivity index (χ0n) is 30.7. The smallest absolute Gasteiger partial charge is 0.422 e. The fourth-order valence-corrected chi connectivity index (χ4v) is 9.02. The van der Waals surface area contributed by atoms with E-state index in [1.807, 2.05) is 30.3 Å². The molecule has 3 saturated heterocycles. The van der Waals surface area contributed by atoms with E-state index < -0.39 is 84.2 Å². The summed E-state index contributed by atoms with van der Waals surface area (Å²) in [5.74, 6) is -3.48. The SMILES string of the molecule is CN(C(=O)[C@@]12C[C@H]3OC(=O)[C@@H]1N(Cc1ccccc1C=CC(=O)OCC(F)(F)F)O[C@@H]2[C@H]1OC(C2CC2)(C2CC2)O[C@H]13)[C@H](Cc1ccccc1)C(=O)NCCO. The van der Waals surface area contributed by atoms with Crippen molar-refractivity contribution < 1.29 is 61.2 Å². The number of carbonyl (C=O) groups excluding carboxylic acids is 4. The van der Waals surface area contributed by atoms with Crippen molar-refractivity contribution in [3.63, 3.8) is 0 Å². The molecule has 3 saturated carbocycles. The number of alkyl halides is 3. The molecule has 8 rings (SSSR count). The summed E-state index contributed by atoms with van der Waals surface area (Å²) in [6.07, 6.45) is -2.01. The second-order valence-electron chi connectivity index (χ2n) is 15.5. The summed E-state index contributed by atoms with van der Waals surface area (Å²) in [5, 5.41) is 13.6. The molecule has 2 aromatic carbocycles. The van der Waals surface area contributed by atoms with E-state index in [9.17, 15) is 32.7 Å². The van der Waals surface area contributed by atoms with E-state index in [0.717, 1.165) is 37.3 Å². The maximum absolute atomic E-state index is 15.4. The number of amides is 2. The number of aliphatic hydroxyl groups excluding tert-OH is 1. The third-order valence-corrected chi connectivity index (χ3v) is 11.8. The van der Waals surface area contributed by atoms with Gasteiger partial charge in [-0.1, -0.05) is 54.6 Å². The number of hydrogen-bond acceptors (Lipinski definition) is 11. The number of halogens is 3. The standard InChI is InChI=1S/C40H44F3N3O10/c1-45(28(35(49)44-17-18-47)19-23-7-3-2-4-8-23)37(51)38-20-29-31-32(55-40(54-31,26-12-13-26)27-14-15-27)34(38)56-46(33(38)36(50)53-29)21-25-10-6-5-9-24(25)11-16-30(48)52-22-39(41,42)43/h2-11,16,26-29,31-34,47H,12-15,17-22H2,1H3,(H,44,49)/t28-,29-,31+,32+,33+,34-,38+/m1/s1. The van der Waals surface area contributed by atoms with Crippen molar-refractivity contribution in [2.24, 2.45) is 17.3 Å². The first kappa shape index (κ1) is 38.5. The second kappa shape index (κ2) is 14.9. The Bertz CT molecular complexity index is 1860. The van der Waals surface area contributed by atoms with Crippen LogP contribution in [0.1, 0.15) is 48.8 Å². The van der Waals surface area contributed by atoms with Gasteiger partial charge >= 0.3 is 18.1 Å². The Labute approximate surface area is 321 Å². The fraction of sp³-hybridized carbons (Fsp3) is 0.550. The zero-order valence-corrected chi connectivity index (χ0v) is 30.7. The molecule has 0 unspecified atom stereocenters. The molecule has 56 heavy (non-hydrogen) atoms. The average Bonchev–Trinajstić information content (AvgIpc) is 4.13. The highest BCUT2D eigenvalue weighted by Gasteiger charge is 2.78. The van der Waals surface area contributed by atoms with Crippen molar-refractivity contribution in [3.05, 3.63) is 77.4 Å². The van der Waals surface area contributed by atoms with Crippen molar-refractivity contribution >= 4 is 29.8 Å². The summed E-state index contributed by atoms with van der Waals surface area (Å²) in [7, 11) is 1.52. The van der Waals surface area contributed by atoms with E-state index in [-0.39, 0.29) is 44.4 Å². The number of benzene rings is 2. The van der Waals surface area contributed by atoms with Gasteiger partial charge in [0.15, 0.2) is 18.4 Å². The highest BCUT2D eigenvalue weighted by Crippen LogP contribution is 2.64. The summed E-state index contributed by atoms with van der Waals surface area (Å²) < 4.78 is 62.2. The second-order valence-corrected chi connectivity index (χ2v) is 15.5. The Morgan fingerprint density at radius 2 is 1.71 bits per heavy atom. The van der Waals surface area contributed by atoms with Crippen LogP contribution in [0.15, 0.2) is 60.7 Å². The van der Waals surface area contributed by atoms with Gasteiger partial charge in [0, 0.05) is 44.3 Å². The number of aliphatic hydroxyl groups is 1. The first-order valence-corrected chi connectivity index (χ1v) is 19.0. The quantitative estimate of drug-likeness (QED) is 0.215. The number of ether oxygens (including phenoxy) is 4. The first-order valence-electron chi connectivity index (χ1n) is 19.0. The lowest BCUT2D eigenvalue weighted by Crippen LogP contribution is -2.70. The molecular formula is C40H44F3N3O10. The van der Waals surface area contributed by atoms with Crippen LogP contribution in [0.3, 0.4) is 0 Å². The van der Waals surface area contributed by atoms with E-state index in [1.165, 1.54) is 23.1 Å². The fourth-order valence-electron chi connectivity index (χ4n) is 9.02. The van der Waals surface area contributed by atoms with Gasteiger partial charge in [0.05, 0.1) is 13.2 Å². The minimum Gasteiger partial charge on any atom is -0.458 e. The summed E-state index contributed by atoms with van der Waals surface area (Å²) in [4.78, 5) is 63.7. The summed E-state index contributed by atoms with van der Waals surface area (Å²) >= 11 is 0. The van der Waals surface area contributed by atoms with Gasteiger partial charge < -0.3 is 34.3 Å². The van der Waals surface area contributed by atoms with Crippen LogP contribution >= 0.6 is 0 Å². The zero-order chi connectivity index (χ0) is 39.4. The van der Waals surface area contributed by atoms with E-state index >= 15 is 4.79 Å².